The van der Waals surface area contributed by atoms with E-state index in [1.54, 1.807) is 0 Å². The van der Waals surface area contributed by atoms with Crippen LogP contribution in [0.5, 0.6) is 0 Å². The maximum atomic E-state index is 3.56. The van der Waals surface area contributed by atoms with Gasteiger partial charge in [0.05, 0.1) is 0 Å². The van der Waals surface area contributed by atoms with Crippen molar-refractivity contribution in [1.82, 2.24) is 4.90 Å². The zero-order chi connectivity index (χ0) is 7.86. The van der Waals surface area contributed by atoms with Gasteiger partial charge in [-0.15, -0.1) is 0 Å². The van der Waals surface area contributed by atoms with Gasteiger partial charge in [-0.1, -0.05) is 13.3 Å². The van der Waals surface area contributed by atoms with E-state index in [9.17, 15) is 0 Å². The third-order valence-electron chi connectivity index (χ3n) is 0.500. The molecule has 0 saturated heterocycles. The van der Waals surface area contributed by atoms with E-state index in [1.807, 2.05) is 33.0 Å². The van der Waals surface area contributed by atoms with Crippen molar-refractivity contribution in [1.29, 1.82) is 0 Å². The molecule has 1 radical (unpaired) electrons. The van der Waals surface area contributed by atoms with Crippen molar-refractivity contribution in [3.63, 3.8) is 0 Å². The van der Waals surface area contributed by atoms with Crippen LogP contribution in [-0.2, 0) is 32.7 Å². The fourth-order valence-corrected chi connectivity index (χ4v) is 0. The van der Waals surface area contributed by atoms with E-state index in [0.29, 0.717) is 0 Å². The maximum absolute atomic E-state index is 3.56. The minimum atomic E-state index is 0. The van der Waals surface area contributed by atoms with Gasteiger partial charge in [-0.2, -0.15) is 0 Å². The normalized spacial score (nSPS) is 7.30. The Hall–Kier alpha value is 0.674. The standard InChI is InChI=1S/C5H9.C3H9N.Y/c1-4-5(2)3;1-4(2)3;/h2-4H2,1H3;1-3H3;/q-1;;. The summed E-state index contributed by atoms with van der Waals surface area (Å²) in [5, 5.41) is 0. The van der Waals surface area contributed by atoms with Gasteiger partial charge in [0.2, 0.25) is 0 Å². The molecular formula is C8H18NY-. The summed E-state index contributed by atoms with van der Waals surface area (Å²) in [5.41, 5.74) is 1.00. The van der Waals surface area contributed by atoms with Crippen LogP contribution in [0.1, 0.15) is 13.3 Å². The van der Waals surface area contributed by atoms with Gasteiger partial charge in [-0.25, -0.2) is 19.1 Å². The molecule has 0 atom stereocenters. The Morgan fingerprint density at radius 1 is 1.40 bits per heavy atom. The molecule has 1 nitrogen and oxygen atoms in total. The van der Waals surface area contributed by atoms with E-state index in [2.05, 4.69) is 13.5 Å². The Morgan fingerprint density at radius 2 is 1.50 bits per heavy atom. The predicted octanol–water partition coefficient (Wildman–Crippen LogP) is 1.96. The summed E-state index contributed by atoms with van der Waals surface area (Å²) in [6.07, 6.45) is 1.00. The number of hydrogen-bond donors (Lipinski definition) is 0. The summed E-state index contributed by atoms with van der Waals surface area (Å²) < 4.78 is 0. The van der Waals surface area contributed by atoms with E-state index in [4.69, 9.17) is 0 Å². The largest absolute Gasteiger partial charge is 0.312 e. The number of allylic oxidation sites excluding steroid dienone is 1. The van der Waals surface area contributed by atoms with Crippen LogP contribution in [-0.4, -0.2) is 26.0 Å². The Bertz CT molecular complexity index is 66.9. The topological polar surface area (TPSA) is 3.24 Å². The molecule has 0 fully saturated rings. The van der Waals surface area contributed by atoms with Gasteiger partial charge >= 0.3 is 0 Å². The van der Waals surface area contributed by atoms with Crippen molar-refractivity contribution in [2.24, 2.45) is 0 Å². The van der Waals surface area contributed by atoms with Gasteiger partial charge in [0.25, 0.3) is 0 Å². The van der Waals surface area contributed by atoms with Crippen LogP contribution in [0.3, 0.4) is 0 Å². The first-order valence-electron chi connectivity index (χ1n) is 3.11. The molecule has 0 bridgehead atoms. The van der Waals surface area contributed by atoms with Crippen LogP contribution in [0.15, 0.2) is 12.2 Å². The molecule has 0 rings (SSSR count). The molecule has 0 aromatic rings. The van der Waals surface area contributed by atoms with Crippen molar-refractivity contribution < 1.29 is 32.7 Å². The van der Waals surface area contributed by atoms with Crippen LogP contribution < -0.4 is 0 Å². The maximum Gasteiger partial charge on any atom is 0 e. The van der Waals surface area contributed by atoms with Crippen molar-refractivity contribution in [2.45, 2.75) is 13.3 Å². The second-order valence-electron chi connectivity index (χ2n) is 2.45. The van der Waals surface area contributed by atoms with Gasteiger partial charge in [-0.05, 0) is 21.1 Å². The van der Waals surface area contributed by atoms with E-state index < -0.39 is 0 Å². The van der Waals surface area contributed by atoms with Gasteiger partial charge in [0.15, 0.2) is 0 Å². The zero-order valence-corrected chi connectivity index (χ0v) is 10.5. The molecule has 0 aliphatic carbocycles. The van der Waals surface area contributed by atoms with Crippen LogP contribution in [0.25, 0.3) is 0 Å². The Morgan fingerprint density at radius 3 is 1.50 bits per heavy atom. The first-order valence-corrected chi connectivity index (χ1v) is 3.11. The Kier molecular flexibility index (Phi) is 21.0. The van der Waals surface area contributed by atoms with Crippen LogP contribution in [0.2, 0.25) is 0 Å². The summed E-state index contributed by atoms with van der Waals surface area (Å²) in [6, 6.07) is 0. The Labute approximate surface area is 90.8 Å². The first-order chi connectivity index (χ1) is 4.00. The molecular weight excluding hydrogens is 199 g/mol. The molecule has 0 aromatic heterocycles. The average Bonchev–Trinajstić information content (AvgIpc) is 1.65. The van der Waals surface area contributed by atoms with Crippen LogP contribution in [0.4, 0.5) is 0 Å². The number of rotatable bonds is 1. The SMILES string of the molecule is C=C([CH2-])CC.CN(C)C.[Y]. The van der Waals surface area contributed by atoms with E-state index in [1.165, 1.54) is 0 Å². The molecule has 0 aromatic carbocycles. The predicted molar refractivity (Wildman–Crippen MR) is 44.4 cm³/mol. The quantitative estimate of drug-likeness (QED) is 0.607. The number of nitrogens with zero attached hydrogens (tertiary/aromatic N) is 1. The van der Waals surface area contributed by atoms with E-state index in [0.717, 1.165) is 12.0 Å². The molecule has 0 aliphatic heterocycles. The summed E-state index contributed by atoms with van der Waals surface area (Å²) >= 11 is 0. The van der Waals surface area contributed by atoms with Gasteiger partial charge in [-0.3, -0.25) is 0 Å². The molecule has 2 heteroatoms. The van der Waals surface area contributed by atoms with E-state index >= 15 is 0 Å². The summed E-state index contributed by atoms with van der Waals surface area (Å²) in [6.45, 7) is 9.16. The zero-order valence-electron chi connectivity index (χ0n) is 7.65. The molecule has 59 valence electrons. The summed E-state index contributed by atoms with van der Waals surface area (Å²) in [7, 11) is 6.00. The first kappa shape index (κ1) is 17.0. The summed E-state index contributed by atoms with van der Waals surface area (Å²) in [4.78, 5) is 2.00. The van der Waals surface area contributed by atoms with Crippen molar-refractivity contribution in [2.75, 3.05) is 21.1 Å². The van der Waals surface area contributed by atoms with Gasteiger partial charge in [0.1, 0.15) is 0 Å². The van der Waals surface area contributed by atoms with Crippen LogP contribution in [0, 0.1) is 6.92 Å². The monoisotopic (exact) mass is 217 g/mol. The summed E-state index contributed by atoms with van der Waals surface area (Å²) in [5.74, 6) is 0. The third kappa shape index (κ3) is 71.4. The molecule has 0 spiro atoms. The van der Waals surface area contributed by atoms with Gasteiger partial charge in [0, 0.05) is 32.7 Å². The fraction of sp³-hybridized carbons (Fsp3) is 0.625. The molecule has 10 heavy (non-hydrogen) atoms. The minimum Gasteiger partial charge on any atom is -0.312 e. The molecule has 0 heterocycles. The fourth-order valence-electron chi connectivity index (χ4n) is 0. The van der Waals surface area contributed by atoms with Crippen molar-refractivity contribution >= 4 is 0 Å². The molecule has 0 amide bonds. The second kappa shape index (κ2) is 12.4. The smallest absolute Gasteiger partial charge is 0 e. The van der Waals surface area contributed by atoms with Crippen molar-refractivity contribution in [3.8, 4) is 0 Å². The molecule has 0 N–H and O–H groups in total. The van der Waals surface area contributed by atoms with Gasteiger partial charge < -0.3 is 4.90 Å². The third-order valence-corrected chi connectivity index (χ3v) is 0.500. The van der Waals surface area contributed by atoms with Crippen LogP contribution >= 0.6 is 0 Å². The van der Waals surface area contributed by atoms with Crippen molar-refractivity contribution in [3.05, 3.63) is 19.1 Å². The Balaban J connectivity index is -0.0000000910. The molecule has 0 aliphatic rings. The molecule has 0 saturated carbocycles. The number of hydrogen-bond acceptors (Lipinski definition) is 1. The second-order valence-corrected chi connectivity index (χ2v) is 2.45. The van der Waals surface area contributed by atoms with E-state index in [-0.39, 0.29) is 32.7 Å². The minimum absolute atomic E-state index is 0. The molecule has 0 unspecified atom stereocenters. The average molecular weight is 217 g/mol.